The molecule has 0 aliphatic heterocycles. The number of aromatic nitrogens is 3. The van der Waals surface area contributed by atoms with E-state index in [1.165, 1.54) is 11.8 Å². The van der Waals surface area contributed by atoms with Crippen LogP contribution in [0.5, 0.6) is 0 Å². The predicted molar refractivity (Wildman–Crippen MR) is 37.4 cm³/mol. The topological polar surface area (TPSA) is 57.0 Å². The van der Waals surface area contributed by atoms with Crippen molar-refractivity contribution in [2.45, 2.75) is 0 Å². The zero-order chi connectivity index (χ0) is 8.43. The van der Waals surface area contributed by atoms with E-state index >= 15 is 0 Å². The summed E-state index contributed by atoms with van der Waals surface area (Å²) in [6.45, 7) is 0. The number of ether oxygens (including phenoxy) is 1. The summed E-state index contributed by atoms with van der Waals surface area (Å²) in [5, 5.41) is 3.84. The number of carbonyl (C=O) groups is 1. The van der Waals surface area contributed by atoms with E-state index in [4.69, 9.17) is 11.6 Å². The first-order chi connectivity index (χ1) is 5.15. The number of aryl methyl sites for hydroxylation is 1. The number of hydrogen-bond donors (Lipinski definition) is 0. The molecule has 0 atom stereocenters. The van der Waals surface area contributed by atoms with Gasteiger partial charge in [0.2, 0.25) is 5.28 Å². The molecule has 0 spiro atoms. The smallest absolute Gasteiger partial charge is 0.378 e. The van der Waals surface area contributed by atoms with Crippen LogP contribution in [0.15, 0.2) is 0 Å². The van der Waals surface area contributed by atoms with Gasteiger partial charge in [-0.3, -0.25) is 0 Å². The van der Waals surface area contributed by atoms with E-state index in [0.29, 0.717) is 0 Å². The van der Waals surface area contributed by atoms with Gasteiger partial charge in [0.15, 0.2) is 0 Å². The number of carbonyl (C=O) groups excluding carboxylic acids is 1. The van der Waals surface area contributed by atoms with Gasteiger partial charge in [0, 0.05) is 7.05 Å². The highest BCUT2D eigenvalue weighted by Crippen LogP contribution is 2.03. The molecule has 0 aliphatic carbocycles. The maximum absolute atomic E-state index is 10.8. The van der Waals surface area contributed by atoms with E-state index in [2.05, 4.69) is 14.8 Å². The van der Waals surface area contributed by atoms with E-state index in [9.17, 15) is 4.79 Å². The van der Waals surface area contributed by atoms with E-state index in [1.807, 2.05) is 0 Å². The Morgan fingerprint density at radius 2 is 2.36 bits per heavy atom. The molecule has 1 aromatic rings. The quantitative estimate of drug-likeness (QED) is 0.575. The molecule has 0 N–H and O–H groups in total. The third-order valence-electron chi connectivity index (χ3n) is 1.08. The van der Waals surface area contributed by atoms with Gasteiger partial charge in [0.25, 0.3) is 5.82 Å². The number of halogens is 1. The maximum atomic E-state index is 10.8. The van der Waals surface area contributed by atoms with Gasteiger partial charge in [0.1, 0.15) is 0 Å². The lowest BCUT2D eigenvalue weighted by Crippen LogP contribution is -2.04. The first-order valence-electron chi connectivity index (χ1n) is 2.80. The highest BCUT2D eigenvalue weighted by molar-refractivity contribution is 6.28. The maximum Gasteiger partial charge on any atom is 0.378 e. The zero-order valence-electron chi connectivity index (χ0n) is 6.04. The fraction of sp³-hybridized carbons (Fsp3) is 0.400. The molecule has 0 bridgehead atoms. The monoisotopic (exact) mass is 175 g/mol. The molecule has 11 heavy (non-hydrogen) atoms. The Kier molecular flexibility index (Phi) is 2.09. The van der Waals surface area contributed by atoms with Crippen LogP contribution >= 0.6 is 11.6 Å². The Bertz CT molecular complexity index is 264. The minimum absolute atomic E-state index is 0.0278. The summed E-state index contributed by atoms with van der Waals surface area (Å²) in [6.07, 6.45) is 0. The summed E-state index contributed by atoms with van der Waals surface area (Å²) in [7, 11) is 2.84. The molecule has 60 valence electrons. The molecule has 1 aromatic heterocycles. The normalized spacial score (nSPS) is 9.73. The molecule has 5 nitrogen and oxygen atoms in total. The van der Waals surface area contributed by atoms with Gasteiger partial charge in [-0.2, -0.15) is 4.98 Å². The highest BCUT2D eigenvalue weighted by Gasteiger charge is 2.12. The van der Waals surface area contributed by atoms with Crippen molar-refractivity contribution in [1.29, 1.82) is 0 Å². The number of rotatable bonds is 1. The van der Waals surface area contributed by atoms with Crippen molar-refractivity contribution >= 4 is 17.6 Å². The molecule has 0 aromatic carbocycles. The van der Waals surface area contributed by atoms with Crippen LogP contribution in [0, 0.1) is 0 Å². The molecule has 0 amide bonds. The van der Waals surface area contributed by atoms with Gasteiger partial charge in [0.05, 0.1) is 7.11 Å². The lowest BCUT2D eigenvalue weighted by Gasteiger charge is -1.88. The Morgan fingerprint density at radius 3 is 2.73 bits per heavy atom. The molecule has 1 rings (SSSR count). The van der Waals surface area contributed by atoms with Gasteiger partial charge >= 0.3 is 5.97 Å². The van der Waals surface area contributed by atoms with Crippen molar-refractivity contribution in [3.63, 3.8) is 0 Å². The predicted octanol–water partition coefficient (Wildman–Crippen LogP) is 0.255. The van der Waals surface area contributed by atoms with E-state index < -0.39 is 5.97 Å². The van der Waals surface area contributed by atoms with Crippen LogP contribution in [0.25, 0.3) is 0 Å². The number of nitrogens with zero attached hydrogens (tertiary/aromatic N) is 3. The Balaban J connectivity index is 2.97. The van der Waals surface area contributed by atoms with Crippen molar-refractivity contribution < 1.29 is 9.53 Å². The minimum atomic E-state index is -0.590. The van der Waals surface area contributed by atoms with Crippen LogP contribution < -0.4 is 0 Å². The second-order valence-corrected chi connectivity index (χ2v) is 2.16. The van der Waals surface area contributed by atoms with Gasteiger partial charge < -0.3 is 4.74 Å². The van der Waals surface area contributed by atoms with Gasteiger partial charge in [-0.1, -0.05) is 0 Å². The third-order valence-corrected chi connectivity index (χ3v) is 1.41. The summed E-state index contributed by atoms with van der Waals surface area (Å²) in [4.78, 5) is 14.4. The summed E-state index contributed by atoms with van der Waals surface area (Å²) in [5.41, 5.74) is 0. The van der Waals surface area contributed by atoms with Crippen molar-refractivity contribution in [2.75, 3.05) is 7.11 Å². The molecule has 0 radical (unpaired) electrons. The van der Waals surface area contributed by atoms with Crippen molar-refractivity contribution in [2.24, 2.45) is 7.05 Å². The van der Waals surface area contributed by atoms with Gasteiger partial charge in [-0.05, 0) is 11.6 Å². The number of hydrogen-bond acceptors (Lipinski definition) is 4. The number of esters is 1. The molecular weight excluding hydrogens is 170 g/mol. The molecule has 0 saturated heterocycles. The van der Waals surface area contributed by atoms with Crippen LogP contribution in [0.4, 0.5) is 0 Å². The van der Waals surface area contributed by atoms with Crippen molar-refractivity contribution in [3.05, 3.63) is 11.1 Å². The molecule has 0 saturated carbocycles. The van der Waals surface area contributed by atoms with Crippen LogP contribution in [0.1, 0.15) is 10.6 Å². The molecule has 0 fully saturated rings. The molecule has 0 aliphatic rings. The Hall–Kier alpha value is -1.10. The standard InChI is InChI=1S/C5H6ClN3O2/c1-9-5(6)7-3(8-9)4(10)11-2/h1-2H3. The zero-order valence-corrected chi connectivity index (χ0v) is 6.79. The van der Waals surface area contributed by atoms with E-state index in [0.717, 1.165) is 0 Å². The fourth-order valence-corrected chi connectivity index (χ4v) is 0.661. The Labute approximate surface area is 67.9 Å². The lowest BCUT2D eigenvalue weighted by atomic mass is 10.6. The molecular formula is C5H6ClN3O2. The van der Waals surface area contributed by atoms with Gasteiger partial charge in [-0.25, -0.2) is 9.48 Å². The molecule has 6 heteroatoms. The van der Waals surface area contributed by atoms with Crippen LogP contribution in [-0.4, -0.2) is 27.8 Å². The fourth-order valence-electron chi connectivity index (χ4n) is 0.543. The van der Waals surface area contributed by atoms with Gasteiger partial charge in [-0.15, -0.1) is 5.10 Å². The molecule has 0 unspecified atom stereocenters. The first kappa shape index (κ1) is 8.00. The summed E-state index contributed by atoms with van der Waals surface area (Å²) in [5.74, 6) is -0.618. The third kappa shape index (κ3) is 1.48. The summed E-state index contributed by atoms with van der Waals surface area (Å²) in [6, 6.07) is 0. The van der Waals surface area contributed by atoms with Crippen LogP contribution in [-0.2, 0) is 11.8 Å². The first-order valence-corrected chi connectivity index (χ1v) is 3.18. The van der Waals surface area contributed by atoms with E-state index in [-0.39, 0.29) is 11.1 Å². The SMILES string of the molecule is COC(=O)c1nc(Cl)n(C)n1. The molecule has 1 heterocycles. The van der Waals surface area contributed by atoms with Crippen LogP contribution in [0.2, 0.25) is 5.28 Å². The summed E-state index contributed by atoms with van der Waals surface area (Å²) < 4.78 is 5.65. The second kappa shape index (κ2) is 2.87. The van der Waals surface area contributed by atoms with Crippen LogP contribution in [0.3, 0.4) is 0 Å². The van der Waals surface area contributed by atoms with E-state index in [1.54, 1.807) is 7.05 Å². The second-order valence-electron chi connectivity index (χ2n) is 1.82. The largest absolute Gasteiger partial charge is 0.463 e. The highest BCUT2D eigenvalue weighted by atomic mass is 35.5. The average Bonchev–Trinajstić information content (AvgIpc) is 2.31. The summed E-state index contributed by atoms with van der Waals surface area (Å²) >= 11 is 5.51. The van der Waals surface area contributed by atoms with Crippen molar-refractivity contribution in [1.82, 2.24) is 14.8 Å². The lowest BCUT2D eigenvalue weighted by molar-refractivity contribution is 0.0586. The minimum Gasteiger partial charge on any atom is -0.463 e. The number of methoxy groups -OCH3 is 1. The Morgan fingerprint density at radius 1 is 1.73 bits per heavy atom. The average molecular weight is 176 g/mol. The van der Waals surface area contributed by atoms with Crippen molar-refractivity contribution in [3.8, 4) is 0 Å².